The van der Waals surface area contributed by atoms with E-state index in [2.05, 4.69) is 16.9 Å². The minimum Gasteiger partial charge on any atom is -0.439 e. The normalized spacial score (nSPS) is 10.3. The molecule has 0 fully saturated rings. The SMILES string of the molecule is CCN(C)c1cc(Oc2ccc(Cl)c(C)c2)ncn1. The van der Waals surface area contributed by atoms with Gasteiger partial charge in [-0.05, 0) is 37.6 Å². The molecule has 2 aromatic rings. The van der Waals surface area contributed by atoms with E-state index in [9.17, 15) is 0 Å². The minimum absolute atomic E-state index is 0.520. The van der Waals surface area contributed by atoms with E-state index >= 15 is 0 Å². The van der Waals surface area contributed by atoms with Gasteiger partial charge >= 0.3 is 0 Å². The Morgan fingerprint density at radius 1 is 1.26 bits per heavy atom. The highest BCUT2D eigenvalue weighted by Crippen LogP contribution is 2.25. The summed E-state index contributed by atoms with van der Waals surface area (Å²) in [6.07, 6.45) is 1.50. The number of hydrogen-bond acceptors (Lipinski definition) is 4. The summed E-state index contributed by atoms with van der Waals surface area (Å²) < 4.78 is 5.71. The maximum atomic E-state index is 5.98. The third-order valence-electron chi connectivity index (χ3n) is 2.84. The van der Waals surface area contributed by atoms with E-state index in [4.69, 9.17) is 16.3 Å². The molecule has 2 rings (SSSR count). The highest BCUT2D eigenvalue weighted by Gasteiger charge is 2.05. The third-order valence-corrected chi connectivity index (χ3v) is 3.27. The van der Waals surface area contributed by atoms with Crippen molar-refractivity contribution in [2.75, 3.05) is 18.5 Å². The third kappa shape index (κ3) is 3.35. The van der Waals surface area contributed by atoms with Crippen LogP contribution >= 0.6 is 11.6 Å². The lowest BCUT2D eigenvalue weighted by Gasteiger charge is -2.15. The van der Waals surface area contributed by atoms with Gasteiger partial charge in [-0.25, -0.2) is 9.97 Å². The van der Waals surface area contributed by atoms with Crippen LogP contribution in [0.1, 0.15) is 12.5 Å². The zero-order valence-electron chi connectivity index (χ0n) is 11.2. The summed E-state index contributed by atoms with van der Waals surface area (Å²) in [6, 6.07) is 7.33. The molecule has 0 N–H and O–H groups in total. The quantitative estimate of drug-likeness (QED) is 0.854. The monoisotopic (exact) mass is 277 g/mol. The first-order valence-corrected chi connectivity index (χ1v) is 6.45. The van der Waals surface area contributed by atoms with Crippen LogP contribution in [-0.2, 0) is 0 Å². The Balaban J connectivity index is 2.20. The highest BCUT2D eigenvalue weighted by atomic mass is 35.5. The Bertz CT molecular complexity index is 574. The first kappa shape index (κ1) is 13.6. The topological polar surface area (TPSA) is 38.2 Å². The smallest absolute Gasteiger partial charge is 0.224 e. The second-order valence-electron chi connectivity index (χ2n) is 4.24. The fourth-order valence-electron chi connectivity index (χ4n) is 1.56. The van der Waals surface area contributed by atoms with Crippen LogP contribution in [0.5, 0.6) is 11.6 Å². The van der Waals surface area contributed by atoms with E-state index in [1.54, 1.807) is 0 Å². The Morgan fingerprint density at radius 3 is 2.74 bits per heavy atom. The second-order valence-corrected chi connectivity index (χ2v) is 4.65. The number of benzene rings is 1. The van der Waals surface area contributed by atoms with Crippen molar-refractivity contribution in [1.29, 1.82) is 0 Å². The van der Waals surface area contributed by atoms with Crippen molar-refractivity contribution in [3.8, 4) is 11.6 Å². The molecule has 100 valence electrons. The van der Waals surface area contributed by atoms with Gasteiger partial charge in [0, 0.05) is 24.7 Å². The largest absolute Gasteiger partial charge is 0.439 e. The summed E-state index contributed by atoms with van der Waals surface area (Å²) >= 11 is 5.98. The summed E-state index contributed by atoms with van der Waals surface area (Å²) in [5.41, 5.74) is 0.971. The van der Waals surface area contributed by atoms with E-state index in [1.807, 2.05) is 43.1 Å². The average Bonchev–Trinajstić information content (AvgIpc) is 2.42. The van der Waals surface area contributed by atoms with Crippen molar-refractivity contribution >= 4 is 17.4 Å². The maximum absolute atomic E-state index is 5.98. The van der Waals surface area contributed by atoms with Gasteiger partial charge in [0.2, 0.25) is 5.88 Å². The molecule has 0 saturated heterocycles. The van der Waals surface area contributed by atoms with Gasteiger partial charge in [0.25, 0.3) is 0 Å². The molecule has 0 spiro atoms. The molecule has 0 aliphatic rings. The molecule has 1 aromatic heterocycles. The van der Waals surface area contributed by atoms with Crippen molar-refractivity contribution in [2.45, 2.75) is 13.8 Å². The Hall–Kier alpha value is -1.81. The number of ether oxygens (including phenoxy) is 1. The summed E-state index contributed by atoms with van der Waals surface area (Å²) in [5, 5.41) is 0.724. The molecular formula is C14H16ClN3O. The van der Waals surface area contributed by atoms with Crippen LogP contribution in [0, 0.1) is 6.92 Å². The van der Waals surface area contributed by atoms with Gasteiger partial charge < -0.3 is 9.64 Å². The number of aromatic nitrogens is 2. The van der Waals surface area contributed by atoms with E-state index in [0.717, 1.165) is 22.9 Å². The van der Waals surface area contributed by atoms with Crippen molar-refractivity contribution in [2.24, 2.45) is 0 Å². The van der Waals surface area contributed by atoms with Crippen molar-refractivity contribution in [3.05, 3.63) is 41.2 Å². The van der Waals surface area contributed by atoms with Gasteiger partial charge in [-0.15, -0.1) is 0 Å². The number of aryl methyl sites for hydroxylation is 1. The maximum Gasteiger partial charge on any atom is 0.224 e. The van der Waals surface area contributed by atoms with E-state index < -0.39 is 0 Å². The predicted octanol–water partition coefficient (Wildman–Crippen LogP) is 3.69. The molecule has 0 aliphatic heterocycles. The lowest BCUT2D eigenvalue weighted by Crippen LogP contribution is -2.17. The van der Waals surface area contributed by atoms with Crippen molar-refractivity contribution in [3.63, 3.8) is 0 Å². The number of hydrogen-bond donors (Lipinski definition) is 0. The molecule has 4 nitrogen and oxygen atoms in total. The van der Waals surface area contributed by atoms with Gasteiger partial charge in [0.1, 0.15) is 17.9 Å². The van der Waals surface area contributed by atoms with Crippen LogP contribution in [0.15, 0.2) is 30.6 Å². The predicted molar refractivity (Wildman–Crippen MR) is 77.2 cm³/mol. The Morgan fingerprint density at radius 2 is 2.05 bits per heavy atom. The van der Waals surface area contributed by atoms with E-state index in [-0.39, 0.29) is 0 Å². The molecular weight excluding hydrogens is 262 g/mol. The molecule has 19 heavy (non-hydrogen) atoms. The first-order valence-electron chi connectivity index (χ1n) is 6.07. The van der Waals surface area contributed by atoms with E-state index in [1.165, 1.54) is 6.33 Å². The molecule has 0 bridgehead atoms. The van der Waals surface area contributed by atoms with Gasteiger partial charge in [0.15, 0.2) is 0 Å². The van der Waals surface area contributed by atoms with Gasteiger partial charge in [-0.2, -0.15) is 0 Å². The van der Waals surface area contributed by atoms with Crippen LogP contribution in [0.2, 0.25) is 5.02 Å². The van der Waals surface area contributed by atoms with Gasteiger partial charge in [-0.3, -0.25) is 0 Å². The van der Waals surface area contributed by atoms with Gasteiger partial charge in [-0.1, -0.05) is 11.6 Å². The molecule has 0 aliphatic carbocycles. The number of halogens is 1. The van der Waals surface area contributed by atoms with Gasteiger partial charge in [0.05, 0.1) is 0 Å². The van der Waals surface area contributed by atoms with Crippen molar-refractivity contribution in [1.82, 2.24) is 9.97 Å². The average molecular weight is 278 g/mol. The fourth-order valence-corrected chi connectivity index (χ4v) is 1.68. The standard InChI is InChI=1S/C14H16ClN3O/c1-4-18(3)13-8-14(17-9-16-13)19-11-5-6-12(15)10(2)7-11/h5-9H,4H2,1-3H3. The summed E-state index contributed by atoms with van der Waals surface area (Å²) in [7, 11) is 1.97. The van der Waals surface area contributed by atoms with Crippen LogP contribution in [0.3, 0.4) is 0 Å². The second kappa shape index (κ2) is 5.89. The first-order chi connectivity index (χ1) is 9.10. The Labute approximate surface area is 118 Å². The summed E-state index contributed by atoms with van der Waals surface area (Å²) in [6.45, 7) is 4.87. The molecule has 0 unspecified atom stereocenters. The lowest BCUT2D eigenvalue weighted by molar-refractivity contribution is 0.461. The van der Waals surface area contributed by atoms with Crippen LogP contribution in [0.25, 0.3) is 0 Å². The van der Waals surface area contributed by atoms with Crippen LogP contribution in [0.4, 0.5) is 5.82 Å². The molecule has 0 saturated carbocycles. The molecule has 0 amide bonds. The summed E-state index contributed by atoms with van der Waals surface area (Å²) in [4.78, 5) is 10.3. The number of nitrogens with zero attached hydrogens (tertiary/aromatic N) is 3. The number of anilines is 1. The number of rotatable bonds is 4. The molecule has 1 aromatic carbocycles. The van der Waals surface area contributed by atoms with Crippen LogP contribution in [-0.4, -0.2) is 23.6 Å². The molecule has 0 radical (unpaired) electrons. The van der Waals surface area contributed by atoms with Crippen LogP contribution < -0.4 is 9.64 Å². The fraction of sp³-hybridized carbons (Fsp3) is 0.286. The summed E-state index contributed by atoms with van der Waals surface area (Å²) in [5.74, 6) is 2.07. The Kier molecular flexibility index (Phi) is 4.22. The zero-order chi connectivity index (χ0) is 13.8. The highest BCUT2D eigenvalue weighted by molar-refractivity contribution is 6.31. The zero-order valence-corrected chi connectivity index (χ0v) is 12.0. The lowest BCUT2D eigenvalue weighted by atomic mass is 10.2. The molecule has 1 heterocycles. The minimum atomic E-state index is 0.520. The molecule has 0 atom stereocenters. The van der Waals surface area contributed by atoms with E-state index in [0.29, 0.717) is 11.6 Å². The molecule has 5 heteroatoms. The van der Waals surface area contributed by atoms with Crippen molar-refractivity contribution < 1.29 is 4.74 Å².